The zero-order chi connectivity index (χ0) is 21.0. The quantitative estimate of drug-likeness (QED) is 0.749. The standard InChI is InChI=1S/C21H25F3N2O3/c22-21(23,24)11-4-12-26-13-17(18(27)20(26)29)19(28)25-16-9-7-15(8-10-16)14-5-2-1-3-6-14/h1-3,5-6,15-16,27H,4,7-13H2,(H,25,28)/t15-,16+. The van der Waals surface area contributed by atoms with Gasteiger partial charge in [0, 0.05) is 19.0 Å². The van der Waals surface area contributed by atoms with Crippen molar-refractivity contribution in [3.8, 4) is 0 Å². The molecule has 3 rings (SSSR count). The van der Waals surface area contributed by atoms with Crippen LogP contribution in [0.5, 0.6) is 0 Å². The van der Waals surface area contributed by atoms with Gasteiger partial charge in [-0.05, 0) is 43.6 Å². The lowest BCUT2D eigenvalue weighted by Gasteiger charge is -2.29. The van der Waals surface area contributed by atoms with E-state index in [4.69, 9.17) is 0 Å². The average Bonchev–Trinajstić information content (AvgIpc) is 2.97. The van der Waals surface area contributed by atoms with E-state index in [1.54, 1.807) is 0 Å². The van der Waals surface area contributed by atoms with Gasteiger partial charge in [0.1, 0.15) is 0 Å². The molecule has 0 atom stereocenters. The van der Waals surface area contributed by atoms with Gasteiger partial charge >= 0.3 is 6.18 Å². The molecule has 2 amide bonds. The minimum absolute atomic E-state index is 0.0443. The summed E-state index contributed by atoms with van der Waals surface area (Å²) in [6.45, 7) is -0.310. The van der Waals surface area contributed by atoms with E-state index in [0.717, 1.165) is 30.6 Å². The first kappa shape index (κ1) is 21.2. The molecule has 5 nitrogen and oxygen atoms in total. The van der Waals surface area contributed by atoms with Crippen molar-refractivity contribution >= 4 is 11.8 Å². The number of carbonyl (C=O) groups excluding carboxylic acids is 2. The number of halogens is 3. The lowest BCUT2D eigenvalue weighted by molar-refractivity contribution is -0.139. The van der Waals surface area contributed by atoms with Gasteiger partial charge in [0.25, 0.3) is 11.8 Å². The Labute approximate surface area is 167 Å². The van der Waals surface area contributed by atoms with Crippen molar-refractivity contribution in [2.45, 2.75) is 56.7 Å². The van der Waals surface area contributed by atoms with E-state index in [1.807, 2.05) is 18.2 Å². The predicted octanol–water partition coefficient (Wildman–Crippen LogP) is 3.83. The van der Waals surface area contributed by atoms with Crippen LogP contribution in [0.25, 0.3) is 0 Å². The molecule has 0 saturated heterocycles. The summed E-state index contributed by atoms with van der Waals surface area (Å²) in [6.07, 6.45) is -2.11. The average molecular weight is 410 g/mol. The Bertz CT molecular complexity index is 769. The zero-order valence-electron chi connectivity index (χ0n) is 16.0. The van der Waals surface area contributed by atoms with Crippen molar-refractivity contribution in [2.75, 3.05) is 13.1 Å². The second kappa shape index (κ2) is 8.88. The number of nitrogens with one attached hydrogen (secondary N) is 1. The molecule has 8 heteroatoms. The summed E-state index contributed by atoms with van der Waals surface area (Å²) >= 11 is 0. The fourth-order valence-corrected chi connectivity index (χ4v) is 4.02. The van der Waals surface area contributed by atoms with Crippen LogP contribution in [0.2, 0.25) is 0 Å². The first-order valence-corrected chi connectivity index (χ1v) is 9.88. The summed E-state index contributed by atoms with van der Waals surface area (Å²) in [7, 11) is 0. The Morgan fingerprint density at radius 1 is 1.14 bits per heavy atom. The number of amides is 2. The molecular weight excluding hydrogens is 385 g/mol. The SMILES string of the molecule is O=C(N[C@H]1CC[C@@H](c2ccccc2)CC1)C1=C(O)C(=O)N(CCCC(F)(F)F)C1. The van der Waals surface area contributed by atoms with Crippen LogP contribution in [0, 0.1) is 0 Å². The first-order chi connectivity index (χ1) is 13.7. The second-order valence-electron chi connectivity index (χ2n) is 7.71. The van der Waals surface area contributed by atoms with Crippen molar-refractivity contribution in [3.05, 3.63) is 47.2 Å². The summed E-state index contributed by atoms with van der Waals surface area (Å²) in [6, 6.07) is 10.2. The van der Waals surface area contributed by atoms with Gasteiger partial charge in [0.05, 0.1) is 12.1 Å². The van der Waals surface area contributed by atoms with Crippen LogP contribution in [-0.4, -0.2) is 47.1 Å². The molecule has 0 radical (unpaired) electrons. The smallest absolute Gasteiger partial charge is 0.389 e. The van der Waals surface area contributed by atoms with E-state index in [-0.39, 0.29) is 31.1 Å². The van der Waals surface area contributed by atoms with Crippen LogP contribution in [0.1, 0.15) is 50.0 Å². The second-order valence-corrected chi connectivity index (χ2v) is 7.71. The van der Waals surface area contributed by atoms with Crippen molar-refractivity contribution in [3.63, 3.8) is 0 Å². The van der Waals surface area contributed by atoms with E-state index < -0.39 is 30.2 Å². The Balaban J connectivity index is 1.49. The minimum Gasteiger partial charge on any atom is -0.503 e. The molecule has 158 valence electrons. The zero-order valence-corrected chi connectivity index (χ0v) is 16.0. The largest absolute Gasteiger partial charge is 0.503 e. The van der Waals surface area contributed by atoms with Gasteiger partial charge in [-0.3, -0.25) is 9.59 Å². The number of carbonyl (C=O) groups is 2. The molecule has 0 unspecified atom stereocenters. The number of alkyl halides is 3. The fourth-order valence-electron chi connectivity index (χ4n) is 4.02. The van der Waals surface area contributed by atoms with Crippen molar-refractivity contribution in [1.82, 2.24) is 10.2 Å². The van der Waals surface area contributed by atoms with Crippen LogP contribution in [0.15, 0.2) is 41.7 Å². The molecule has 1 aromatic rings. The molecule has 1 aliphatic heterocycles. The monoisotopic (exact) mass is 410 g/mol. The number of hydrogen-bond acceptors (Lipinski definition) is 3. The maximum Gasteiger partial charge on any atom is 0.389 e. The van der Waals surface area contributed by atoms with E-state index in [9.17, 15) is 27.9 Å². The van der Waals surface area contributed by atoms with Crippen LogP contribution >= 0.6 is 0 Å². The highest BCUT2D eigenvalue weighted by Crippen LogP contribution is 2.33. The number of rotatable bonds is 6. The Morgan fingerprint density at radius 3 is 2.41 bits per heavy atom. The van der Waals surface area contributed by atoms with Crippen LogP contribution in [0.3, 0.4) is 0 Å². The molecule has 29 heavy (non-hydrogen) atoms. The molecule has 0 aromatic heterocycles. The van der Waals surface area contributed by atoms with Gasteiger partial charge in [0.2, 0.25) is 0 Å². The van der Waals surface area contributed by atoms with Gasteiger partial charge in [-0.15, -0.1) is 0 Å². The fraction of sp³-hybridized carbons (Fsp3) is 0.524. The molecule has 1 aliphatic carbocycles. The van der Waals surface area contributed by atoms with Gasteiger partial charge in [-0.1, -0.05) is 30.3 Å². The molecule has 1 saturated carbocycles. The molecule has 1 heterocycles. The summed E-state index contributed by atoms with van der Waals surface area (Å²) in [5, 5.41) is 12.9. The molecule has 0 spiro atoms. The highest BCUT2D eigenvalue weighted by atomic mass is 19.4. The summed E-state index contributed by atoms with van der Waals surface area (Å²) in [4.78, 5) is 25.6. The number of benzene rings is 1. The minimum atomic E-state index is -4.29. The molecule has 0 bridgehead atoms. The van der Waals surface area contributed by atoms with E-state index in [1.165, 1.54) is 5.56 Å². The third-order valence-corrected chi connectivity index (χ3v) is 5.62. The molecule has 1 fully saturated rings. The highest BCUT2D eigenvalue weighted by molar-refractivity contribution is 6.07. The predicted molar refractivity (Wildman–Crippen MR) is 101 cm³/mol. The summed E-state index contributed by atoms with van der Waals surface area (Å²) in [5.41, 5.74) is 1.22. The number of nitrogens with zero attached hydrogens (tertiary/aromatic N) is 1. The van der Waals surface area contributed by atoms with Crippen LogP contribution in [-0.2, 0) is 9.59 Å². The van der Waals surface area contributed by atoms with Crippen LogP contribution < -0.4 is 5.32 Å². The number of hydrogen-bond donors (Lipinski definition) is 2. The van der Waals surface area contributed by atoms with Crippen molar-refractivity contribution in [1.29, 1.82) is 0 Å². The molecule has 1 aromatic carbocycles. The number of aliphatic hydroxyl groups excluding tert-OH is 1. The lowest BCUT2D eigenvalue weighted by Crippen LogP contribution is -2.39. The summed E-state index contributed by atoms with van der Waals surface area (Å²) in [5.74, 6) is -1.51. The third-order valence-electron chi connectivity index (χ3n) is 5.62. The topological polar surface area (TPSA) is 69.6 Å². The molecule has 2 aliphatic rings. The normalized spacial score (nSPS) is 22.9. The van der Waals surface area contributed by atoms with Crippen LogP contribution in [0.4, 0.5) is 13.2 Å². The van der Waals surface area contributed by atoms with Gasteiger partial charge in [-0.25, -0.2) is 0 Å². The Kier molecular flexibility index (Phi) is 6.49. The third kappa shape index (κ3) is 5.52. The van der Waals surface area contributed by atoms with Gasteiger partial charge in [0.15, 0.2) is 5.76 Å². The highest BCUT2D eigenvalue weighted by Gasteiger charge is 2.35. The maximum atomic E-state index is 12.5. The first-order valence-electron chi connectivity index (χ1n) is 9.88. The van der Waals surface area contributed by atoms with E-state index in [2.05, 4.69) is 17.4 Å². The Hall–Kier alpha value is -2.51. The van der Waals surface area contributed by atoms with Gasteiger partial charge < -0.3 is 15.3 Å². The molecule has 2 N–H and O–H groups in total. The van der Waals surface area contributed by atoms with E-state index >= 15 is 0 Å². The van der Waals surface area contributed by atoms with Crippen molar-refractivity contribution in [2.24, 2.45) is 0 Å². The maximum absolute atomic E-state index is 12.5. The van der Waals surface area contributed by atoms with E-state index in [0.29, 0.717) is 5.92 Å². The summed E-state index contributed by atoms with van der Waals surface area (Å²) < 4.78 is 36.8. The number of aliphatic hydroxyl groups is 1. The van der Waals surface area contributed by atoms with Gasteiger partial charge in [-0.2, -0.15) is 13.2 Å². The Morgan fingerprint density at radius 2 is 1.79 bits per heavy atom. The molecular formula is C21H25F3N2O3. The lowest BCUT2D eigenvalue weighted by atomic mass is 9.82. The van der Waals surface area contributed by atoms with Crippen molar-refractivity contribution < 1.29 is 27.9 Å².